The van der Waals surface area contributed by atoms with Gasteiger partial charge in [-0.05, 0) is 42.8 Å². The van der Waals surface area contributed by atoms with Gasteiger partial charge in [0.2, 0.25) is 0 Å². The zero-order chi connectivity index (χ0) is 18.9. The number of carboxylic acids is 1. The zero-order valence-electron chi connectivity index (χ0n) is 13.9. The molecule has 0 unspecified atom stereocenters. The number of nitrogens with zero attached hydrogens (tertiary/aromatic N) is 1. The highest BCUT2D eigenvalue weighted by Gasteiger charge is 2.30. The summed E-state index contributed by atoms with van der Waals surface area (Å²) >= 11 is 0. The van der Waals surface area contributed by atoms with Crippen LogP contribution < -0.4 is 4.74 Å². The van der Waals surface area contributed by atoms with E-state index in [4.69, 9.17) is 4.74 Å². The molecule has 7 heteroatoms. The molecule has 0 aliphatic rings. The fourth-order valence-electron chi connectivity index (χ4n) is 2.91. The summed E-state index contributed by atoms with van der Waals surface area (Å²) < 4.78 is 45.8. The molecule has 136 valence electrons. The molecule has 0 aliphatic heterocycles. The topological polar surface area (TPSA) is 51.5 Å². The van der Waals surface area contributed by atoms with E-state index >= 15 is 0 Å². The van der Waals surface area contributed by atoms with Crippen molar-refractivity contribution in [1.82, 2.24) is 4.57 Å². The van der Waals surface area contributed by atoms with Crippen molar-refractivity contribution < 1.29 is 27.8 Å². The van der Waals surface area contributed by atoms with E-state index in [1.807, 2.05) is 6.92 Å². The van der Waals surface area contributed by atoms with E-state index in [0.29, 0.717) is 28.8 Å². The fourth-order valence-corrected chi connectivity index (χ4v) is 2.91. The molecule has 0 bridgehead atoms. The van der Waals surface area contributed by atoms with Gasteiger partial charge in [-0.3, -0.25) is 0 Å². The van der Waals surface area contributed by atoms with Crippen LogP contribution in [-0.4, -0.2) is 22.2 Å². The molecule has 3 aromatic rings. The van der Waals surface area contributed by atoms with Crippen molar-refractivity contribution in [3.05, 3.63) is 65.4 Å². The van der Waals surface area contributed by atoms with E-state index in [1.54, 1.807) is 24.3 Å². The van der Waals surface area contributed by atoms with Gasteiger partial charge in [-0.1, -0.05) is 18.2 Å². The molecule has 0 aliphatic carbocycles. The number of halogens is 3. The first-order chi connectivity index (χ1) is 12.3. The number of carbonyl (C=O) groups is 1. The van der Waals surface area contributed by atoms with Crippen LogP contribution in [0.4, 0.5) is 13.2 Å². The number of fused-ring (bicyclic) bond motifs is 1. The maximum absolute atomic E-state index is 12.9. The highest BCUT2D eigenvalue weighted by molar-refractivity contribution is 5.97. The van der Waals surface area contributed by atoms with E-state index in [9.17, 15) is 23.1 Å². The van der Waals surface area contributed by atoms with Crippen LogP contribution in [0.5, 0.6) is 5.75 Å². The first-order valence-electron chi connectivity index (χ1n) is 7.95. The Morgan fingerprint density at radius 1 is 1.15 bits per heavy atom. The molecular weight excluding hydrogens is 347 g/mol. The Labute approximate surface area is 147 Å². The first-order valence-corrected chi connectivity index (χ1v) is 7.95. The zero-order valence-corrected chi connectivity index (χ0v) is 13.9. The summed E-state index contributed by atoms with van der Waals surface area (Å²) in [5.41, 5.74) is 0.176. The summed E-state index contributed by atoms with van der Waals surface area (Å²) in [5.74, 6) is -0.620. The van der Waals surface area contributed by atoms with Crippen molar-refractivity contribution in [1.29, 1.82) is 0 Å². The van der Waals surface area contributed by atoms with Crippen molar-refractivity contribution in [2.45, 2.75) is 19.6 Å². The summed E-state index contributed by atoms with van der Waals surface area (Å²) in [5, 5.41) is 10.1. The SMILES string of the molecule is CCOc1cccc2c1cc(C(=O)O)n2Cc1cccc(C(F)(F)F)c1. The van der Waals surface area contributed by atoms with Gasteiger partial charge in [0, 0.05) is 11.9 Å². The lowest BCUT2D eigenvalue weighted by Crippen LogP contribution is -2.10. The van der Waals surface area contributed by atoms with Gasteiger partial charge < -0.3 is 14.4 Å². The second-order valence-electron chi connectivity index (χ2n) is 5.74. The van der Waals surface area contributed by atoms with Gasteiger partial charge >= 0.3 is 12.1 Å². The Balaban J connectivity index is 2.11. The summed E-state index contributed by atoms with van der Waals surface area (Å²) in [6, 6.07) is 11.5. The molecule has 0 saturated carbocycles. The van der Waals surface area contributed by atoms with Crippen LogP contribution in [-0.2, 0) is 12.7 Å². The summed E-state index contributed by atoms with van der Waals surface area (Å²) in [4.78, 5) is 11.6. The molecule has 1 heterocycles. The molecular formula is C19H16F3NO3. The van der Waals surface area contributed by atoms with Crippen molar-refractivity contribution >= 4 is 16.9 Å². The summed E-state index contributed by atoms with van der Waals surface area (Å²) in [6.07, 6.45) is -4.45. The summed E-state index contributed by atoms with van der Waals surface area (Å²) in [6.45, 7) is 2.24. The van der Waals surface area contributed by atoms with Gasteiger partial charge in [0.05, 0.1) is 17.7 Å². The van der Waals surface area contributed by atoms with Crippen LogP contribution >= 0.6 is 0 Å². The molecule has 4 nitrogen and oxygen atoms in total. The lowest BCUT2D eigenvalue weighted by Gasteiger charge is -2.12. The monoisotopic (exact) mass is 363 g/mol. The molecule has 2 aromatic carbocycles. The highest BCUT2D eigenvalue weighted by Crippen LogP contribution is 2.32. The van der Waals surface area contributed by atoms with Gasteiger partial charge in [0.1, 0.15) is 11.4 Å². The smallest absolute Gasteiger partial charge is 0.416 e. The molecule has 0 radical (unpaired) electrons. The standard InChI is InChI=1S/C19H16F3NO3/c1-2-26-17-8-4-7-15-14(17)10-16(18(24)25)23(15)11-12-5-3-6-13(9-12)19(20,21)22/h3-10H,2,11H2,1H3,(H,24,25). The van der Waals surface area contributed by atoms with Crippen molar-refractivity contribution in [2.24, 2.45) is 0 Å². The average molecular weight is 363 g/mol. The Morgan fingerprint density at radius 2 is 1.88 bits per heavy atom. The van der Waals surface area contributed by atoms with Gasteiger partial charge in [0.15, 0.2) is 0 Å². The van der Waals surface area contributed by atoms with Crippen molar-refractivity contribution in [3.8, 4) is 5.75 Å². The molecule has 0 saturated heterocycles. The highest BCUT2D eigenvalue weighted by atomic mass is 19.4. The van der Waals surface area contributed by atoms with E-state index in [-0.39, 0.29) is 12.2 Å². The van der Waals surface area contributed by atoms with Gasteiger partial charge in [-0.25, -0.2) is 4.79 Å². The van der Waals surface area contributed by atoms with E-state index in [2.05, 4.69) is 0 Å². The largest absolute Gasteiger partial charge is 0.493 e. The van der Waals surface area contributed by atoms with E-state index in [1.165, 1.54) is 16.7 Å². The van der Waals surface area contributed by atoms with Crippen LogP contribution in [0, 0.1) is 0 Å². The lowest BCUT2D eigenvalue weighted by molar-refractivity contribution is -0.137. The predicted octanol–water partition coefficient (Wildman–Crippen LogP) is 4.81. The van der Waals surface area contributed by atoms with Crippen molar-refractivity contribution in [3.63, 3.8) is 0 Å². The van der Waals surface area contributed by atoms with Crippen molar-refractivity contribution in [2.75, 3.05) is 6.61 Å². The van der Waals surface area contributed by atoms with Crippen LogP contribution in [0.25, 0.3) is 10.9 Å². The number of hydrogen-bond acceptors (Lipinski definition) is 2. The Morgan fingerprint density at radius 3 is 2.54 bits per heavy atom. The Kier molecular flexibility index (Phi) is 4.63. The van der Waals surface area contributed by atoms with Crippen LogP contribution in [0.1, 0.15) is 28.5 Å². The second-order valence-corrected chi connectivity index (χ2v) is 5.74. The molecule has 1 N–H and O–H groups in total. The van der Waals surface area contributed by atoms with Crippen LogP contribution in [0.3, 0.4) is 0 Å². The number of hydrogen-bond donors (Lipinski definition) is 1. The maximum Gasteiger partial charge on any atom is 0.416 e. The summed E-state index contributed by atoms with van der Waals surface area (Å²) in [7, 11) is 0. The van der Waals surface area contributed by atoms with Crippen LogP contribution in [0.2, 0.25) is 0 Å². The molecule has 0 spiro atoms. The van der Waals surface area contributed by atoms with Gasteiger partial charge in [-0.15, -0.1) is 0 Å². The van der Waals surface area contributed by atoms with E-state index < -0.39 is 17.7 Å². The Bertz CT molecular complexity index is 960. The molecule has 1 aromatic heterocycles. The third kappa shape index (κ3) is 3.37. The molecule has 3 rings (SSSR count). The number of aromatic nitrogens is 1. The maximum atomic E-state index is 12.9. The molecule has 0 fully saturated rings. The minimum atomic E-state index is -4.45. The van der Waals surface area contributed by atoms with Gasteiger partial charge in [-0.2, -0.15) is 13.2 Å². The minimum Gasteiger partial charge on any atom is -0.493 e. The minimum absolute atomic E-state index is 0.00459. The number of carboxylic acid groups (broad SMARTS) is 1. The average Bonchev–Trinajstić information content (AvgIpc) is 2.95. The predicted molar refractivity (Wildman–Crippen MR) is 90.6 cm³/mol. The number of aromatic carboxylic acids is 1. The molecule has 0 amide bonds. The lowest BCUT2D eigenvalue weighted by atomic mass is 10.1. The molecule has 0 atom stereocenters. The number of alkyl halides is 3. The first kappa shape index (κ1) is 17.8. The second kappa shape index (κ2) is 6.74. The normalized spacial score (nSPS) is 11.7. The number of ether oxygens (including phenoxy) is 1. The third-order valence-electron chi connectivity index (χ3n) is 4.02. The number of benzene rings is 2. The van der Waals surface area contributed by atoms with Gasteiger partial charge in [0.25, 0.3) is 0 Å². The third-order valence-corrected chi connectivity index (χ3v) is 4.02. The number of rotatable bonds is 5. The van der Waals surface area contributed by atoms with Crippen LogP contribution in [0.15, 0.2) is 48.5 Å². The quantitative estimate of drug-likeness (QED) is 0.708. The fraction of sp³-hybridized carbons (Fsp3) is 0.211. The van der Waals surface area contributed by atoms with E-state index in [0.717, 1.165) is 12.1 Å². The molecule has 26 heavy (non-hydrogen) atoms. The Hall–Kier alpha value is -2.96.